The zero-order chi connectivity index (χ0) is 26.8. The summed E-state index contributed by atoms with van der Waals surface area (Å²) in [5.41, 5.74) is 5.32. The smallest absolute Gasteiger partial charge is 0.335 e. The lowest BCUT2D eigenvalue weighted by Gasteiger charge is -2.26. The van der Waals surface area contributed by atoms with Crippen LogP contribution in [0.15, 0.2) is 78.5 Å². The molecular formula is C31H29N3O4. The number of para-hydroxylation sites is 1. The highest BCUT2D eigenvalue weighted by molar-refractivity contribution is 6.39. The summed E-state index contributed by atoms with van der Waals surface area (Å²) in [6.07, 6.45) is 4.30. The lowest BCUT2D eigenvalue weighted by Crippen LogP contribution is -2.54. The maximum absolute atomic E-state index is 13.4. The van der Waals surface area contributed by atoms with Gasteiger partial charge in [-0.2, -0.15) is 0 Å². The van der Waals surface area contributed by atoms with E-state index in [9.17, 15) is 14.4 Å². The van der Waals surface area contributed by atoms with Crippen molar-refractivity contribution in [3.05, 3.63) is 101 Å². The topological polar surface area (TPSA) is 80.6 Å². The van der Waals surface area contributed by atoms with Crippen LogP contribution in [0.3, 0.4) is 0 Å². The van der Waals surface area contributed by atoms with Crippen LogP contribution in [0.4, 0.5) is 10.5 Å². The van der Waals surface area contributed by atoms with E-state index in [0.717, 1.165) is 39.1 Å². The van der Waals surface area contributed by atoms with E-state index in [0.29, 0.717) is 24.4 Å². The molecule has 7 heteroatoms. The van der Waals surface area contributed by atoms with Crippen molar-refractivity contribution in [2.75, 3.05) is 11.5 Å². The summed E-state index contributed by atoms with van der Waals surface area (Å²) in [4.78, 5) is 39.7. The van der Waals surface area contributed by atoms with Crippen LogP contribution in [0.25, 0.3) is 17.0 Å². The minimum atomic E-state index is -0.757. The molecule has 0 spiro atoms. The lowest BCUT2D eigenvalue weighted by molar-refractivity contribution is -0.122. The highest BCUT2D eigenvalue weighted by Gasteiger charge is 2.37. The van der Waals surface area contributed by atoms with Crippen LogP contribution in [0, 0.1) is 13.8 Å². The fourth-order valence-electron chi connectivity index (χ4n) is 4.72. The molecule has 1 fully saturated rings. The molecule has 0 aliphatic carbocycles. The Bertz CT molecular complexity index is 1580. The number of nitrogens with zero attached hydrogens (tertiary/aromatic N) is 2. The van der Waals surface area contributed by atoms with Gasteiger partial charge in [0, 0.05) is 22.7 Å². The Kier molecular flexibility index (Phi) is 6.83. The van der Waals surface area contributed by atoms with E-state index in [1.807, 2.05) is 80.1 Å². The second-order valence-corrected chi connectivity index (χ2v) is 9.39. The van der Waals surface area contributed by atoms with Crippen LogP contribution in [-0.2, 0) is 22.6 Å². The first-order valence-corrected chi connectivity index (χ1v) is 12.6. The van der Waals surface area contributed by atoms with Crippen LogP contribution in [-0.4, -0.2) is 29.0 Å². The molecule has 3 aromatic carbocycles. The molecule has 0 bridgehead atoms. The Morgan fingerprint density at radius 3 is 2.45 bits per heavy atom. The fraction of sp³-hybridized carbons (Fsp3) is 0.194. The minimum absolute atomic E-state index is 0.0985. The molecule has 0 unspecified atom stereocenters. The molecule has 4 amide bonds. The van der Waals surface area contributed by atoms with E-state index >= 15 is 0 Å². The zero-order valence-electron chi connectivity index (χ0n) is 21.7. The monoisotopic (exact) mass is 507 g/mol. The van der Waals surface area contributed by atoms with E-state index in [-0.39, 0.29) is 5.57 Å². The standard InChI is InChI=1S/C31H29N3O4/c1-4-22-10-12-24(13-11-22)34-30(36)26(29(35)32-31(34)37)18-23-19-33(27-8-6-5-7-25(23)27)15-16-38-28-14-9-20(2)17-21(28)3/h5-14,17-19H,4,15-16H2,1-3H3,(H,32,35,37). The van der Waals surface area contributed by atoms with Crippen molar-refractivity contribution in [3.63, 3.8) is 0 Å². The number of urea groups is 1. The van der Waals surface area contributed by atoms with Crippen molar-refractivity contribution in [2.45, 2.75) is 33.7 Å². The third-order valence-corrected chi connectivity index (χ3v) is 6.74. The van der Waals surface area contributed by atoms with Gasteiger partial charge in [0.25, 0.3) is 11.8 Å². The molecule has 0 radical (unpaired) electrons. The Morgan fingerprint density at radius 2 is 1.71 bits per heavy atom. The molecule has 1 aliphatic heterocycles. The molecule has 192 valence electrons. The Labute approximate surface area is 221 Å². The third-order valence-electron chi connectivity index (χ3n) is 6.74. The first-order valence-electron chi connectivity index (χ1n) is 12.6. The van der Waals surface area contributed by atoms with Gasteiger partial charge in [-0.1, -0.05) is 55.0 Å². The lowest BCUT2D eigenvalue weighted by atomic mass is 10.1. The van der Waals surface area contributed by atoms with E-state index in [1.165, 1.54) is 5.56 Å². The number of rotatable bonds is 7. The quantitative estimate of drug-likeness (QED) is 0.262. The largest absolute Gasteiger partial charge is 0.491 e. The van der Waals surface area contributed by atoms with Crippen molar-refractivity contribution in [3.8, 4) is 5.75 Å². The first kappa shape index (κ1) is 25.0. The highest BCUT2D eigenvalue weighted by atomic mass is 16.5. The Morgan fingerprint density at radius 1 is 0.947 bits per heavy atom. The second kappa shape index (κ2) is 10.4. The molecule has 1 aromatic heterocycles. The number of barbiturate groups is 1. The second-order valence-electron chi connectivity index (χ2n) is 9.39. The van der Waals surface area contributed by atoms with Crippen molar-refractivity contribution in [1.82, 2.24) is 9.88 Å². The van der Waals surface area contributed by atoms with Gasteiger partial charge in [0.2, 0.25) is 0 Å². The van der Waals surface area contributed by atoms with Crippen molar-refractivity contribution in [1.29, 1.82) is 0 Å². The number of ether oxygens (including phenoxy) is 1. The summed E-state index contributed by atoms with van der Waals surface area (Å²) in [6, 6.07) is 20.3. The van der Waals surface area contributed by atoms with Crippen molar-refractivity contribution < 1.29 is 19.1 Å². The molecule has 7 nitrogen and oxygen atoms in total. The number of aromatic nitrogens is 1. The molecule has 0 atom stereocenters. The van der Waals surface area contributed by atoms with Crippen LogP contribution < -0.4 is 15.0 Å². The van der Waals surface area contributed by atoms with Crippen LogP contribution >= 0.6 is 0 Å². The molecular weight excluding hydrogens is 478 g/mol. The maximum atomic E-state index is 13.4. The fourth-order valence-corrected chi connectivity index (χ4v) is 4.72. The molecule has 0 saturated carbocycles. The van der Waals surface area contributed by atoms with Gasteiger partial charge in [0.15, 0.2) is 0 Å². The van der Waals surface area contributed by atoms with Crippen LogP contribution in [0.1, 0.15) is 29.2 Å². The highest BCUT2D eigenvalue weighted by Crippen LogP contribution is 2.27. The van der Waals surface area contributed by atoms with E-state index in [2.05, 4.69) is 11.4 Å². The number of fused-ring (bicyclic) bond motifs is 1. The summed E-state index contributed by atoms with van der Waals surface area (Å²) < 4.78 is 8.08. The number of anilines is 1. The van der Waals surface area contributed by atoms with Gasteiger partial charge in [0.1, 0.15) is 17.9 Å². The van der Waals surface area contributed by atoms with Gasteiger partial charge in [0.05, 0.1) is 12.2 Å². The van der Waals surface area contributed by atoms with Crippen LogP contribution in [0.2, 0.25) is 0 Å². The van der Waals surface area contributed by atoms with Crippen LogP contribution in [0.5, 0.6) is 5.75 Å². The number of hydrogen-bond donors (Lipinski definition) is 1. The predicted octanol–water partition coefficient (Wildman–Crippen LogP) is 5.57. The van der Waals surface area contributed by atoms with E-state index < -0.39 is 17.8 Å². The molecule has 1 aliphatic rings. The van der Waals surface area contributed by atoms with Gasteiger partial charge >= 0.3 is 6.03 Å². The number of benzene rings is 3. The molecule has 5 rings (SSSR count). The number of hydrogen-bond acceptors (Lipinski definition) is 4. The number of carbonyl (C=O) groups is 3. The predicted molar refractivity (Wildman–Crippen MR) is 148 cm³/mol. The Balaban J connectivity index is 1.43. The molecule has 38 heavy (non-hydrogen) atoms. The summed E-state index contributed by atoms with van der Waals surface area (Å²) in [7, 11) is 0. The molecule has 2 heterocycles. The summed E-state index contributed by atoms with van der Waals surface area (Å²) >= 11 is 0. The maximum Gasteiger partial charge on any atom is 0.335 e. The third kappa shape index (κ3) is 4.83. The molecule has 1 saturated heterocycles. The number of carbonyl (C=O) groups excluding carboxylic acids is 3. The summed E-state index contributed by atoms with van der Waals surface area (Å²) in [5.74, 6) is -0.523. The van der Waals surface area contributed by atoms with Gasteiger partial charge in [-0.25, -0.2) is 9.69 Å². The summed E-state index contributed by atoms with van der Waals surface area (Å²) in [5, 5.41) is 3.20. The summed E-state index contributed by atoms with van der Waals surface area (Å²) in [6.45, 7) is 7.13. The number of nitrogens with one attached hydrogen (secondary N) is 1. The Hall–Kier alpha value is -4.65. The van der Waals surface area contributed by atoms with Crippen molar-refractivity contribution >= 4 is 40.5 Å². The van der Waals surface area contributed by atoms with Gasteiger partial charge in [-0.05, 0) is 61.7 Å². The number of amides is 4. The first-order chi connectivity index (χ1) is 18.4. The minimum Gasteiger partial charge on any atom is -0.491 e. The molecule has 4 aromatic rings. The normalized spacial score (nSPS) is 14.9. The SMILES string of the molecule is CCc1ccc(N2C(=O)NC(=O)C(=Cc3cn(CCOc4ccc(C)cc4C)c4ccccc34)C2=O)cc1. The van der Waals surface area contributed by atoms with Gasteiger partial charge in [-0.15, -0.1) is 0 Å². The zero-order valence-corrected chi connectivity index (χ0v) is 21.7. The average molecular weight is 508 g/mol. The average Bonchev–Trinajstić information content (AvgIpc) is 3.25. The molecule has 1 N–H and O–H groups in total. The van der Waals surface area contributed by atoms with Gasteiger partial charge in [-0.3, -0.25) is 14.9 Å². The van der Waals surface area contributed by atoms with Gasteiger partial charge < -0.3 is 9.30 Å². The van der Waals surface area contributed by atoms with E-state index in [4.69, 9.17) is 4.74 Å². The van der Waals surface area contributed by atoms with E-state index in [1.54, 1.807) is 18.2 Å². The number of imide groups is 2. The van der Waals surface area contributed by atoms with Crippen molar-refractivity contribution in [2.24, 2.45) is 0 Å². The number of aryl methyl sites for hydroxylation is 3.